The lowest BCUT2D eigenvalue weighted by atomic mass is 9.81. The number of aliphatic carboxylic acids is 1. The maximum absolute atomic E-state index is 12.6. The van der Waals surface area contributed by atoms with Crippen molar-refractivity contribution in [3.05, 3.63) is 59.2 Å². The van der Waals surface area contributed by atoms with Gasteiger partial charge < -0.3 is 15.7 Å². The van der Waals surface area contributed by atoms with E-state index >= 15 is 0 Å². The van der Waals surface area contributed by atoms with Crippen LogP contribution in [-0.2, 0) is 33.6 Å². The third-order valence-corrected chi connectivity index (χ3v) is 5.41. The van der Waals surface area contributed by atoms with Gasteiger partial charge in [0.2, 0.25) is 11.8 Å². The van der Waals surface area contributed by atoms with Gasteiger partial charge in [-0.1, -0.05) is 24.3 Å². The number of hydrogen-bond acceptors (Lipinski definition) is 3. The minimum absolute atomic E-state index is 0.0107. The Hall–Kier alpha value is -3.15. The normalized spacial score (nSPS) is 16.8. The fourth-order valence-corrected chi connectivity index (χ4v) is 4.02. The van der Waals surface area contributed by atoms with Crippen LogP contribution in [0.25, 0.3) is 0 Å². The molecule has 2 aromatic carbocycles. The van der Waals surface area contributed by atoms with E-state index in [1.54, 1.807) is 12.1 Å². The average molecular weight is 364 g/mol. The van der Waals surface area contributed by atoms with Crippen LogP contribution in [0.3, 0.4) is 0 Å². The Kier molecular flexibility index (Phi) is 4.18. The Labute approximate surface area is 156 Å². The van der Waals surface area contributed by atoms with Gasteiger partial charge in [-0.15, -0.1) is 0 Å². The van der Waals surface area contributed by atoms with Crippen LogP contribution in [0.2, 0.25) is 0 Å². The number of fused-ring (bicyclic) bond motifs is 2. The number of benzene rings is 2. The predicted octanol–water partition coefficient (Wildman–Crippen LogP) is 2.77. The Bertz CT molecular complexity index is 926. The number of carboxylic acid groups (broad SMARTS) is 1. The van der Waals surface area contributed by atoms with Gasteiger partial charge in [0.25, 0.3) is 0 Å². The first-order chi connectivity index (χ1) is 12.9. The second kappa shape index (κ2) is 6.54. The molecule has 0 unspecified atom stereocenters. The highest BCUT2D eigenvalue weighted by Crippen LogP contribution is 2.40. The number of anilines is 2. The van der Waals surface area contributed by atoms with Crippen molar-refractivity contribution in [1.82, 2.24) is 0 Å². The van der Waals surface area contributed by atoms with E-state index in [-0.39, 0.29) is 18.2 Å². The van der Waals surface area contributed by atoms with Crippen LogP contribution in [0.4, 0.5) is 11.4 Å². The molecule has 2 aliphatic rings. The quantitative estimate of drug-likeness (QED) is 0.777. The Morgan fingerprint density at radius 1 is 1.04 bits per heavy atom. The molecule has 27 heavy (non-hydrogen) atoms. The average Bonchev–Trinajstić information content (AvgIpc) is 3.01. The highest BCUT2D eigenvalue weighted by molar-refractivity contribution is 5.97. The first-order valence-electron chi connectivity index (χ1n) is 8.98. The number of amides is 2. The smallest absolute Gasteiger partial charge is 0.310 e. The van der Waals surface area contributed by atoms with Crippen molar-refractivity contribution in [2.24, 2.45) is 5.41 Å². The molecule has 0 bridgehead atoms. The van der Waals surface area contributed by atoms with E-state index < -0.39 is 11.4 Å². The van der Waals surface area contributed by atoms with Crippen LogP contribution >= 0.6 is 0 Å². The summed E-state index contributed by atoms with van der Waals surface area (Å²) in [6.45, 7) is 0. The molecule has 0 saturated carbocycles. The molecule has 0 radical (unpaired) electrons. The predicted molar refractivity (Wildman–Crippen MR) is 101 cm³/mol. The maximum Gasteiger partial charge on any atom is 0.310 e. The van der Waals surface area contributed by atoms with E-state index in [4.69, 9.17) is 0 Å². The van der Waals surface area contributed by atoms with Crippen molar-refractivity contribution in [3.8, 4) is 0 Å². The minimum atomic E-state index is -1.10. The minimum Gasteiger partial charge on any atom is -0.481 e. The summed E-state index contributed by atoms with van der Waals surface area (Å²) in [4.78, 5) is 36.0. The lowest BCUT2D eigenvalue weighted by Crippen LogP contribution is -2.36. The monoisotopic (exact) mass is 364 g/mol. The van der Waals surface area contributed by atoms with Crippen molar-refractivity contribution in [2.45, 2.75) is 32.1 Å². The SMILES string of the molecule is O=C(CC1(C(=O)O)Cc2ccccc2C1)Nc1ccc2c(c1)CCC(=O)N2. The van der Waals surface area contributed by atoms with Crippen molar-refractivity contribution in [1.29, 1.82) is 0 Å². The van der Waals surface area contributed by atoms with Crippen molar-refractivity contribution < 1.29 is 19.5 Å². The van der Waals surface area contributed by atoms with Gasteiger partial charge in [-0.3, -0.25) is 14.4 Å². The van der Waals surface area contributed by atoms with Gasteiger partial charge in [0.05, 0.1) is 5.41 Å². The second-order valence-corrected chi connectivity index (χ2v) is 7.35. The molecule has 0 aromatic heterocycles. The molecule has 2 aromatic rings. The Morgan fingerprint density at radius 3 is 2.41 bits per heavy atom. The van der Waals surface area contributed by atoms with E-state index in [9.17, 15) is 19.5 Å². The lowest BCUT2D eigenvalue weighted by Gasteiger charge is -2.23. The van der Waals surface area contributed by atoms with Gasteiger partial charge in [0, 0.05) is 24.2 Å². The molecule has 1 aliphatic heterocycles. The first kappa shape index (κ1) is 17.3. The molecule has 6 heteroatoms. The fraction of sp³-hybridized carbons (Fsp3) is 0.286. The van der Waals surface area contributed by atoms with E-state index in [1.807, 2.05) is 30.3 Å². The number of carboxylic acids is 1. The summed E-state index contributed by atoms with van der Waals surface area (Å²) >= 11 is 0. The van der Waals surface area contributed by atoms with Crippen molar-refractivity contribution in [2.75, 3.05) is 10.6 Å². The molecule has 4 rings (SSSR count). The molecule has 3 N–H and O–H groups in total. The summed E-state index contributed by atoms with van der Waals surface area (Å²) in [6.07, 6.45) is 1.69. The topological polar surface area (TPSA) is 95.5 Å². The molecule has 138 valence electrons. The van der Waals surface area contributed by atoms with Gasteiger partial charge >= 0.3 is 5.97 Å². The Morgan fingerprint density at radius 2 is 1.74 bits per heavy atom. The van der Waals surface area contributed by atoms with E-state index in [0.717, 1.165) is 22.4 Å². The molecule has 2 amide bonds. The molecule has 0 fully saturated rings. The van der Waals surface area contributed by atoms with Crippen LogP contribution in [0.1, 0.15) is 29.5 Å². The number of rotatable bonds is 4. The van der Waals surface area contributed by atoms with Crippen LogP contribution in [0.5, 0.6) is 0 Å². The number of aryl methyl sites for hydroxylation is 1. The van der Waals surface area contributed by atoms with Crippen LogP contribution < -0.4 is 10.6 Å². The zero-order valence-corrected chi connectivity index (χ0v) is 14.7. The maximum atomic E-state index is 12.6. The number of nitrogens with one attached hydrogen (secondary N) is 2. The second-order valence-electron chi connectivity index (χ2n) is 7.35. The highest BCUT2D eigenvalue weighted by Gasteiger charge is 2.45. The van der Waals surface area contributed by atoms with Crippen molar-refractivity contribution >= 4 is 29.2 Å². The fourth-order valence-electron chi connectivity index (χ4n) is 4.02. The van der Waals surface area contributed by atoms with Gasteiger partial charge in [0.15, 0.2) is 0 Å². The standard InChI is InChI=1S/C21H20N2O4/c24-18-8-5-13-9-16(6-7-17(13)23-18)22-19(25)12-21(20(26)27)10-14-3-1-2-4-15(14)11-21/h1-4,6-7,9H,5,8,10-12H2,(H,22,25)(H,23,24)(H,26,27). The van der Waals surface area contributed by atoms with Gasteiger partial charge in [0.1, 0.15) is 0 Å². The summed E-state index contributed by atoms with van der Waals surface area (Å²) in [5.74, 6) is -1.27. The summed E-state index contributed by atoms with van der Waals surface area (Å²) in [7, 11) is 0. The van der Waals surface area contributed by atoms with Crippen LogP contribution in [0.15, 0.2) is 42.5 Å². The summed E-state index contributed by atoms with van der Waals surface area (Å²) in [5.41, 5.74) is 3.24. The molecule has 1 aliphatic carbocycles. The van der Waals surface area contributed by atoms with Gasteiger partial charge in [-0.25, -0.2) is 0 Å². The molecule has 0 saturated heterocycles. The molecular weight excluding hydrogens is 344 g/mol. The molecule has 6 nitrogen and oxygen atoms in total. The highest BCUT2D eigenvalue weighted by atomic mass is 16.4. The summed E-state index contributed by atoms with van der Waals surface area (Å²) in [5, 5.41) is 15.4. The third kappa shape index (κ3) is 3.30. The first-order valence-corrected chi connectivity index (χ1v) is 8.98. The zero-order valence-electron chi connectivity index (χ0n) is 14.7. The number of hydrogen-bond donors (Lipinski definition) is 3. The molecule has 1 heterocycles. The van der Waals surface area contributed by atoms with Gasteiger partial charge in [-0.05, 0) is 54.2 Å². The largest absolute Gasteiger partial charge is 0.481 e. The Balaban J connectivity index is 1.49. The lowest BCUT2D eigenvalue weighted by molar-refractivity contribution is -0.150. The summed E-state index contributed by atoms with van der Waals surface area (Å²) in [6, 6.07) is 13.0. The van der Waals surface area contributed by atoms with E-state index in [0.29, 0.717) is 31.4 Å². The van der Waals surface area contributed by atoms with Crippen molar-refractivity contribution in [3.63, 3.8) is 0 Å². The van der Waals surface area contributed by atoms with E-state index in [2.05, 4.69) is 10.6 Å². The molecule has 0 spiro atoms. The van der Waals surface area contributed by atoms with E-state index in [1.165, 1.54) is 0 Å². The molecule has 0 atom stereocenters. The molecular formula is C21H20N2O4. The summed E-state index contributed by atoms with van der Waals surface area (Å²) < 4.78 is 0. The zero-order chi connectivity index (χ0) is 19.0. The van der Waals surface area contributed by atoms with Crippen LogP contribution in [-0.4, -0.2) is 22.9 Å². The van der Waals surface area contributed by atoms with Gasteiger partial charge in [-0.2, -0.15) is 0 Å². The van der Waals surface area contributed by atoms with Crippen LogP contribution in [0, 0.1) is 5.41 Å². The number of carbonyl (C=O) groups excluding carboxylic acids is 2. The third-order valence-electron chi connectivity index (χ3n) is 5.41. The number of carbonyl (C=O) groups is 3.